The summed E-state index contributed by atoms with van der Waals surface area (Å²) < 4.78 is 5.22. The average molecular weight is 330 g/mol. The molecular weight excluding hydrogens is 304 g/mol. The zero-order chi connectivity index (χ0) is 18.3. The maximum absolute atomic E-state index is 12.0. The molecule has 130 valence electrons. The Labute approximate surface area is 144 Å². The normalized spacial score (nSPS) is 13.5. The van der Waals surface area contributed by atoms with E-state index in [4.69, 9.17) is 10.00 Å². The Morgan fingerprint density at radius 3 is 2.33 bits per heavy atom. The number of carbonyl (C=O) groups excluding carboxylic acids is 1. The van der Waals surface area contributed by atoms with Gasteiger partial charge in [0.15, 0.2) is 0 Å². The number of amides is 1. The minimum Gasteiger partial charge on any atom is -0.442 e. The minimum atomic E-state index is -0.812. The molecule has 24 heavy (non-hydrogen) atoms. The van der Waals surface area contributed by atoms with Gasteiger partial charge in [0.2, 0.25) is 0 Å². The number of rotatable bonds is 5. The highest BCUT2D eigenvalue weighted by molar-refractivity contribution is 5.97. The predicted molar refractivity (Wildman–Crippen MR) is 94.0 cm³/mol. The number of ether oxygens (including phenoxy) is 1. The number of hydrogen-bond donors (Lipinski definition) is 1. The molecular formula is C19H26N2O3. The van der Waals surface area contributed by atoms with Crippen molar-refractivity contribution < 1.29 is 14.6 Å². The maximum Gasteiger partial charge on any atom is 0.434 e. The monoisotopic (exact) mass is 330 g/mol. The van der Waals surface area contributed by atoms with Gasteiger partial charge in [0.05, 0.1) is 23.4 Å². The van der Waals surface area contributed by atoms with Crippen molar-refractivity contribution in [3.63, 3.8) is 0 Å². The van der Waals surface area contributed by atoms with E-state index in [2.05, 4.69) is 11.1 Å². The van der Waals surface area contributed by atoms with Crippen molar-refractivity contribution in [2.24, 2.45) is 10.9 Å². The van der Waals surface area contributed by atoms with Crippen LogP contribution in [0, 0.1) is 17.2 Å². The number of nitrogens with zero attached hydrogens (tertiary/aromatic N) is 2. The molecule has 0 saturated carbocycles. The lowest BCUT2D eigenvalue weighted by Crippen LogP contribution is -2.28. The first-order chi connectivity index (χ1) is 11.1. The van der Waals surface area contributed by atoms with Crippen molar-refractivity contribution in [1.29, 1.82) is 5.26 Å². The van der Waals surface area contributed by atoms with E-state index in [0.29, 0.717) is 24.1 Å². The second-order valence-corrected chi connectivity index (χ2v) is 7.21. The van der Waals surface area contributed by atoms with Crippen LogP contribution in [0.1, 0.15) is 52.2 Å². The van der Waals surface area contributed by atoms with Crippen LogP contribution < -0.4 is 0 Å². The highest BCUT2D eigenvalue weighted by Crippen LogP contribution is 2.14. The van der Waals surface area contributed by atoms with Crippen molar-refractivity contribution in [3.05, 3.63) is 35.4 Å². The molecule has 1 N–H and O–H groups in total. The van der Waals surface area contributed by atoms with Gasteiger partial charge in [0.1, 0.15) is 5.60 Å². The lowest BCUT2D eigenvalue weighted by molar-refractivity contribution is 0.0600. The third-order valence-electron chi connectivity index (χ3n) is 3.18. The highest BCUT2D eigenvalue weighted by Gasteiger charge is 2.20. The third-order valence-corrected chi connectivity index (χ3v) is 3.18. The van der Waals surface area contributed by atoms with E-state index in [9.17, 15) is 9.90 Å². The standard InChI is InChI=1S/C19H26N2O3/c1-13(2)10-17(22)16(21-18(23)24-19(3,4)5)11-14-6-8-15(12-20)9-7-14/h6-9,13,17,22H,10-11H2,1-5H3/t17-/m0/s1. The molecule has 0 heterocycles. The Morgan fingerprint density at radius 1 is 1.29 bits per heavy atom. The first-order valence-electron chi connectivity index (χ1n) is 8.08. The number of carbonyl (C=O) groups is 1. The van der Waals surface area contributed by atoms with Crippen LogP contribution in [0.2, 0.25) is 0 Å². The maximum atomic E-state index is 12.0. The lowest BCUT2D eigenvalue weighted by atomic mass is 9.97. The van der Waals surface area contributed by atoms with Crippen LogP contribution in [0.25, 0.3) is 0 Å². The predicted octanol–water partition coefficient (Wildman–Crippen LogP) is 3.88. The van der Waals surface area contributed by atoms with Crippen LogP contribution in [0.15, 0.2) is 29.3 Å². The Kier molecular flexibility index (Phi) is 7.12. The smallest absolute Gasteiger partial charge is 0.434 e. The van der Waals surface area contributed by atoms with Crippen LogP contribution in [0.5, 0.6) is 0 Å². The Hall–Kier alpha value is -2.19. The molecule has 0 aliphatic carbocycles. The Bertz CT molecular complexity index is 619. The average Bonchev–Trinajstić information content (AvgIpc) is 2.44. The zero-order valence-corrected chi connectivity index (χ0v) is 15.0. The van der Waals surface area contributed by atoms with E-state index in [0.717, 1.165) is 5.56 Å². The van der Waals surface area contributed by atoms with Gasteiger partial charge in [-0.05, 0) is 50.8 Å². The van der Waals surface area contributed by atoms with Crippen LogP contribution in [-0.4, -0.2) is 28.6 Å². The molecule has 1 aromatic carbocycles. The topological polar surface area (TPSA) is 82.7 Å². The lowest BCUT2D eigenvalue weighted by Gasteiger charge is -2.19. The molecule has 1 aromatic rings. The number of benzene rings is 1. The molecule has 5 heteroatoms. The molecule has 0 unspecified atom stereocenters. The van der Waals surface area contributed by atoms with Crippen LogP contribution in [-0.2, 0) is 11.2 Å². The molecule has 1 rings (SSSR count). The van der Waals surface area contributed by atoms with Crippen molar-refractivity contribution in [1.82, 2.24) is 0 Å². The minimum absolute atomic E-state index is 0.268. The SMILES string of the molecule is CC(C)C[C@H](O)C(Cc1ccc(C#N)cc1)=NC(=O)OC(C)(C)C. The van der Waals surface area contributed by atoms with Gasteiger partial charge in [0, 0.05) is 6.42 Å². The van der Waals surface area contributed by atoms with Gasteiger partial charge in [-0.3, -0.25) is 0 Å². The van der Waals surface area contributed by atoms with Crippen molar-refractivity contribution in [2.75, 3.05) is 0 Å². The van der Waals surface area contributed by atoms with Gasteiger partial charge in [-0.1, -0.05) is 26.0 Å². The first-order valence-corrected chi connectivity index (χ1v) is 8.08. The fraction of sp³-hybridized carbons (Fsp3) is 0.526. The zero-order valence-electron chi connectivity index (χ0n) is 15.0. The summed E-state index contributed by atoms with van der Waals surface area (Å²) in [5, 5.41) is 19.2. The van der Waals surface area contributed by atoms with Gasteiger partial charge in [-0.15, -0.1) is 0 Å². The fourth-order valence-corrected chi connectivity index (χ4v) is 2.12. The molecule has 0 aromatic heterocycles. The fourth-order valence-electron chi connectivity index (χ4n) is 2.12. The van der Waals surface area contributed by atoms with Gasteiger partial charge < -0.3 is 9.84 Å². The summed E-state index contributed by atoms with van der Waals surface area (Å²) in [6, 6.07) is 9.06. The summed E-state index contributed by atoms with van der Waals surface area (Å²) in [6.45, 7) is 9.30. The molecule has 0 aliphatic rings. The molecule has 1 amide bonds. The molecule has 0 fully saturated rings. The summed E-state index contributed by atoms with van der Waals surface area (Å²) in [5.74, 6) is 0.268. The van der Waals surface area contributed by atoms with E-state index in [1.54, 1.807) is 45.0 Å². The molecule has 0 spiro atoms. The molecule has 5 nitrogen and oxygen atoms in total. The van der Waals surface area contributed by atoms with E-state index in [-0.39, 0.29) is 5.92 Å². The summed E-state index contributed by atoms with van der Waals surface area (Å²) in [5.41, 5.74) is 1.18. The van der Waals surface area contributed by atoms with Gasteiger partial charge in [-0.2, -0.15) is 10.3 Å². The van der Waals surface area contributed by atoms with Crippen LogP contribution in [0.4, 0.5) is 4.79 Å². The van der Waals surface area contributed by atoms with Gasteiger partial charge in [0.25, 0.3) is 0 Å². The first kappa shape index (κ1) is 19.9. The van der Waals surface area contributed by atoms with E-state index in [1.807, 2.05) is 13.8 Å². The van der Waals surface area contributed by atoms with E-state index in [1.165, 1.54) is 0 Å². The Balaban J connectivity index is 2.99. The van der Waals surface area contributed by atoms with E-state index < -0.39 is 17.8 Å². The van der Waals surface area contributed by atoms with Crippen molar-refractivity contribution >= 4 is 11.8 Å². The van der Waals surface area contributed by atoms with E-state index >= 15 is 0 Å². The van der Waals surface area contributed by atoms with Crippen molar-refractivity contribution in [2.45, 2.75) is 59.2 Å². The number of aliphatic hydroxyl groups excluding tert-OH is 1. The van der Waals surface area contributed by atoms with Crippen molar-refractivity contribution in [3.8, 4) is 6.07 Å². The molecule has 0 aliphatic heterocycles. The van der Waals surface area contributed by atoms with Crippen LogP contribution in [0.3, 0.4) is 0 Å². The molecule has 1 atom stereocenters. The highest BCUT2D eigenvalue weighted by atomic mass is 16.6. The van der Waals surface area contributed by atoms with Gasteiger partial charge in [-0.25, -0.2) is 4.79 Å². The van der Waals surface area contributed by atoms with Gasteiger partial charge >= 0.3 is 6.09 Å². The molecule has 0 radical (unpaired) electrons. The molecule has 0 bridgehead atoms. The number of hydrogen-bond acceptors (Lipinski definition) is 4. The summed E-state index contributed by atoms with van der Waals surface area (Å²) in [4.78, 5) is 16.0. The molecule has 0 saturated heterocycles. The quantitative estimate of drug-likeness (QED) is 0.830. The summed E-state index contributed by atoms with van der Waals surface area (Å²) in [7, 11) is 0. The second-order valence-electron chi connectivity index (χ2n) is 7.21. The van der Waals surface area contributed by atoms with Crippen LogP contribution >= 0.6 is 0 Å². The third kappa shape index (κ3) is 7.38. The summed E-state index contributed by atoms with van der Waals surface area (Å²) in [6.07, 6.45) is -0.668. The second kappa shape index (κ2) is 8.60. The number of nitriles is 1. The summed E-state index contributed by atoms with van der Waals surface area (Å²) >= 11 is 0. The largest absolute Gasteiger partial charge is 0.442 e. The Morgan fingerprint density at radius 2 is 1.88 bits per heavy atom. The number of aliphatic hydroxyl groups is 1. The number of aliphatic imine (C=N–C) groups is 1.